The van der Waals surface area contributed by atoms with E-state index < -0.39 is 12.2 Å². The molecule has 0 aliphatic carbocycles. The van der Waals surface area contributed by atoms with Crippen LogP contribution >= 0.6 is 0 Å². The maximum Gasteiger partial charge on any atom is 0.115 e. The predicted octanol–water partition coefficient (Wildman–Crippen LogP) is 2.94. The Morgan fingerprint density at radius 3 is 1.92 bits per heavy atom. The maximum absolute atomic E-state index is 10.3. The van der Waals surface area contributed by atoms with Crippen molar-refractivity contribution in [3.63, 3.8) is 0 Å². The molecule has 4 nitrogen and oxygen atoms in total. The molecule has 3 rings (SSSR count). The molecule has 4 atom stereocenters. The van der Waals surface area contributed by atoms with Crippen molar-refractivity contribution in [2.75, 3.05) is 6.61 Å². The summed E-state index contributed by atoms with van der Waals surface area (Å²) in [6.45, 7) is 3.14. The Morgan fingerprint density at radius 1 is 0.875 bits per heavy atom. The summed E-state index contributed by atoms with van der Waals surface area (Å²) in [5, 5.41) is 10.3. The van der Waals surface area contributed by atoms with Gasteiger partial charge in [0.25, 0.3) is 0 Å². The van der Waals surface area contributed by atoms with Crippen molar-refractivity contribution in [2.45, 2.75) is 44.6 Å². The first-order valence-corrected chi connectivity index (χ1v) is 8.35. The van der Waals surface area contributed by atoms with E-state index in [-0.39, 0.29) is 18.8 Å². The van der Waals surface area contributed by atoms with E-state index in [4.69, 9.17) is 14.2 Å². The van der Waals surface area contributed by atoms with E-state index in [1.165, 1.54) is 0 Å². The normalized spacial score (nSPS) is 27.1. The molecule has 2 aromatic carbocycles. The molecule has 1 N–H and O–H groups in total. The SMILES string of the molecule is C[C@@H]1OC[C@@H](O)[C@H](OCc2ccccc2)[C@H]1OCc1ccccc1. The van der Waals surface area contributed by atoms with Crippen molar-refractivity contribution in [1.29, 1.82) is 0 Å². The summed E-state index contributed by atoms with van der Waals surface area (Å²) in [7, 11) is 0. The van der Waals surface area contributed by atoms with Gasteiger partial charge >= 0.3 is 0 Å². The summed E-state index contributed by atoms with van der Waals surface area (Å²) in [6, 6.07) is 19.9. The van der Waals surface area contributed by atoms with Crippen LogP contribution in [0.2, 0.25) is 0 Å². The largest absolute Gasteiger partial charge is 0.388 e. The van der Waals surface area contributed by atoms with Crippen LogP contribution in [0.5, 0.6) is 0 Å². The van der Waals surface area contributed by atoms with Crippen LogP contribution in [-0.2, 0) is 27.4 Å². The van der Waals surface area contributed by atoms with Gasteiger partial charge in [-0.25, -0.2) is 0 Å². The summed E-state index contributed by atoms with van der Waals surface area (Å²) >= 11 is 0. The minimum atomic E-state index is -0.689. The Hall–Kier alpha value is -1.72. The van der Waals surface area contributed by atoms with Crippen LogP contribution in [0.25, 0.3) is 0 Å². The van der Waals surface area contributed by atoms with Crippen molar-refractivity contribution >= 4 is 0 Å². The monoisotopic (exact) mass is 328 g/mol. The lowest BCUT2D eigenvalue weighted by molar-refractivity contribution is -0.221. The summed E-state index contributed by atoms with van der Waals surface area (Å²) in [5.74, 6) is 0. The van der Waals surface area contributed by atoms with Crippen molar-refractivity contribution < 1.29 is 19.3 Å². The molecule has 1 saturated heterocycles. The Labute approximate surface area is 143 Å². The highest BCUT2D eigenvalue weighted by atomic mass is 16.6. The van der Waals surface area contributed by atoms with Crippen LogP contribution in [0, 0.1) is 0 Å². The van der Waals surface area contributed by atoms with Gasteiger partial charge in [-0.1, -0.05) is 60.7 Å². The Balaban J connectivity index is 1.63. The van der Waals surface area contributed by atoms with E-state index in [1.807, 2.05) is 67.6 Å². The highest BCUT2D eigenvalue weighted by Crippen LogP contribution is 2.23. The van der Waals surface area contributed by atoms with Gasteiger partial charge in [-0.05, 0) is 18.1 Å². The molecule has 0 spiro atoms. The van der Waals surface area contributed by atoms with Crippen LogP contribution in [0.15, 0.2) is 60.7 Å². The van der Waals surface area contributed by atoms with Crippen LogP contribution in [0.3, 0.4) is 0 Å². The van der Waals surface area contributed by atoms with Gasteiger partial charge in [0.2, 0.25) is 0 Å². The average Bonchev–Trinajstić information content (AvgIpc) is 2.63. The lowest BCUT2D eigenvalue weighted by atomic mass is 10.0. The third kappa shape index (κ3) is 4.42. The van der Waals surface area contributed by atoms with Gasteiger partial charge in [0, 0.05) is 0 Å². The van der Waals surface area contributed by atoms with Crippen molar-refractivity contribution in [3.8, 4) is 0 Å². The van der Waals surface area contributed by atoms with Crippen LogP contribution in [0.1, 0.15) is 18.1 Å². The quantitative estimate of drug-likeness (QED) is 0.886. The fourth-order valence-corrected chi connectivity index (χ4v) is 2.90. The number of aliphatic hydroxyl groups excluding tert-OH is 1. The number of aliphatic hydroxyl groups is 1. The van der Waals surface area contributed by atoms with Gasteiger partial charge in [-0.3, -0.25) is 0 Å². The fourth-order valence-electron chi connectivity index (χ4n) is 2.90. The van der Waals surface area contributed by atoms with Crippen molar-refractivity contribution in [1.82, 2.24) is 0 Å². The molecule has 0 bridgehead atoms. The first kappa shape index (κ1) is 17.1. The standard InChI is InChI=1S/C20H24O4/c1-15-19(23-12-16-8-4-2-5-9-16)20(18(21)14-22-15)24-13-17-10-6-3-7-11-17/h2-11,15,18-21H,12-14H2,1H3/t15-,18+,19-,20-/m0/s1. The van der Waals surface area contributed by atoms with Gasteiger partial charge in [-0.2, -0.15) is 0 Å². The molecule has 2 aromatic rings. The average molecular weight is 328 g/mol. The lowest BCUT2D eigenvalue weighted by Gasteiger charge is -2.39. The van der Waals surface area contributed by atoms with Crippen LogP contribution in [0.4, 0.5) is 0 Å². The zero-order chi connectivity index (χ0) is 16.8. The number of hydrogen-bond acceptors (Lipinski definition) is 4. The second kappa shape index (κ2) is 8.40. The molecule has 0 unspecified atom stereocenters. The molecule has 0 radical (unpaired) electrons. The first-order valence-electron chi connectivity index (χ1n) is 8.35. The molecular formula is C20H24O4. The molecule has 1 heterocycles. The Kier molecular flexibility index (Phi) is 5.99. The fraction of sp³-hybridized carbons (Fsp3) is 0.400. The Bertz CT molecular complexity index is 546. The molecular weight excluding hydrogens is 304 g/mol. The molecule has 1 aliphatic heterocycles. The zero-order valence-corrected chi connectivity index (χ0v) is 13.9. The smallest absolute Gasteiger partial charge is 0.115 e. The minimum absolute atomic E-state index is 0.127. The topological polar surface area (TPSA) is 47.9 Å². The highest BCUT2D eigenvalue weighted by molar-refractivity contribution is 5.14. The van der Waals surface area contributed by atoms with Gasteiger partial charge in [0.1, 0.15) is 18.3 Å². The van der Waals surface area contributed by atoms with Gasteiger partial charge in [0.15, 0.2) is 0 Å². The molecule has 1 aliphatic rings. The van der Waals surface area contributed by atoms with Crippen molar-refractivity contribution in [2.24, 2.45) is 0 Å². The summed E-state index contributed by atoms with van der Waals surface area (Å²) in [4.78, 5) is 0. The third-order valence-corrected chi connectivity index (χ3v) is 4.27. The highest BCUT2D eigenvalue weighted by Gasteiger charge is 2.39. The molecule has 0 aromatic heterocycles. The molecule has 24 heavy (non-hydrogen) atoms. The summed E-state index contributed by atoms with van der Waals surface area (Å²) in [6.07, 6.45) is -1.53. The van der Waals surface area contributed by atoms with Crippen LogP contribution < -0.4 is 0 Å². The van der Waals surface area contributed by atoms with Gasteiger partial charge < -0.3 is 19.3 Å². The second-order valence-corrected chi connectivity index (χ2v) is 6.13. The summed E-state index contributed by atoms with van der Waals surface area (Å²) < 4.78 is 17.7. The third-order valence-electron chi connectivity index (χ3n) is 4.27. The molecule has 1 fully saturated rings. The maximum atomic E-state index is 10.3. The number of benzene rings is 2. The Morgan fingerprint density at radius 2 is 1.38 bits per heavy atom. The molecule has 0 saturated carbocycles. The van der Waals surface area contributed by atoms with Gasteiger partial charge in [-0.15, -0.1) is 0 Å². The van der Waals surface area contributed by atoms with E-state index in [0.29, 0.717) is 13.2 Å². The lowest BCUT2D eigenvalue weighted by Crippen LogP contribution is -2.54. The molecule has 128 valence electrons. The zero-order valence-electron chi connectivity index (χ0n) is 13.9. The minimum Gasteiger partial charge on any atom is -0.388 e. The number of rotatable bonds is 6. The van der Waals surface area contributed by atoms with E-state index in [0.717, 1.165) is 11.1 Å². The first-order chi connectivity index (χ1) is 11.7. The van der Waals surface area contributed by atoms with Crippen molar-refractivity contribution in [3.05, 3.63) is 71.8 Å². The second-order valence-electron chi connectivity index (χ2n) is 6.13. The number of hydrogen-bond donors (Lipinski definition) is 1. The van der Waals surface area contributed by atoms with E-state index in [9.17, 15) is 5.11 Å². The number of ether oxygens (including phenoxy) is 3. The molecule has 0 amide bonds. The van der Waals surface area contributed by atoms with Gasteiger partial charge in [0.05, 0.1) is 25.9 Å². The predicted molar refractivity (Wildman–Crippen MR) is 91.5 cm³/mol. The van der Waals surface area contributed by atoms with Crippen LogP contribution in [-0.4, -0.2) is 36.1 Å². The summed E-state index contributed by atoms with van der Waals surface area (Å²) in [5.41, 5.74) is 2.16. The van der Waals surface area contributed by atoms with E-state index >= 15 is 0 Å². The molecule has 4 heteroatoms. The van der Waals surface area contributed by atoms with E-state index in [2.05, 4.69) is 0 Å². The van der Waals surface area contributed by atoms with E-state index in [1.54, 1.807) is 0 Å².